The lowest BCUT2D eigenvalue weighted by Gasteiger charge is -2.33. The molecule has 2 N–H and O–H groups in total. The third kappa shape index (κ3) is 2.50. The number of fused-ring (bicyclic) bond motifs is 3. The monoisotopic (exact) mass is 389 g/mol. The molecule has 3 fully saturated rings. The molecular formula is C20H21F2N3O3. The van der Waals surface area contributed by atoms with Gasteiger partial charge in [0.05, 0.1) is 5.56 Å². The van der Waals surface area contributed by atoms with Crippen LogP contribution in [0.2, 0.25) is 0 Å². The predicted molar refractivity (Wildman–Crippen MR) is 94.2 cm³/mol. The summed E-state index contributed by atoms with van der Waals surface area (Å²) in [5.41, 5.74) is 0.726. The first-order valence-corrected chi connectivity index (χ1v) is 9.82. The van der Waals surface area contributed by atoms with Crippen LogP contribution in [0.15, 0.2) is 6.07 Å². The van der Waals surface area contributed by atoms with Crippen LogP contribution < -0.4 is 10.6 Å². The van der Waals surface area contributed by atoms with Crippen LogP contribution in [-0.2, 0) is 16.1 Å². The molecule has 148 valence electrons. The summed E-state index contributed by atoms with van der Waals surface area (Å²) < 4.78 is 29.6. The van der Waals surface area contributed by atoms with Gasteiger partial charge in [-0.15, -0.1) is 0 Å². The van der Waals surface area contributed by atoms with E-state index in [9.17, 15) is 23.2 Å². The number of nitrogens with zero attached hydrogens (tertiary/aromatic N) is 1. The molecule has 8 heteroatoms. The van der Waals surface area contributed by atoms with Gasteiger partial charge in [-0.1, -0.05) is 0 Å². The van der Waals surface area contributed by atoms with Crippen molar-refractivity contribution in [3.05, 3.63) is 34.4 Å². The van der Waals surface area contributed by atoms with Crippen molar-refractivity contribution in [3.63, 3.8) is 0 Å². The van der Waals surface area contributed by atoms with E-state index in [-0.39, 0.29) is 48.6 Å². The standard InChI is InChI=1S/C20H21F2N3O3/c21-12-5-13(22)18-11(17(12)16-9-1-2-10(16)7-23-6-9)8-25(20(18)28)14-3-4-15(26)24-19(14)27/h5,9-10,14,16,23H,1-4,6-8H2,(H,24,26,27). The maximum atomic E-state index is 15.0. The van der Waals surface area contributed by atoms with Crippen LogP contribution in [0.5, 0.6) is 0 Å². The average Bonchev–Trinajstić information content (AvgIpc) is 3.08. The van der Waals surface area contributed by atoms with Gasteiger partial charge in [0.2, 0.25) is 11.8 Å². The maximum Gasteiger partial charge on any atom is 0.258 e. The summed E-state index contributed by atoms with van der Waals surface area (Å²) in [6.07, 6.45) is 2.29. The molecule has 0 aromatic heterocycles. The molecule has 1 saturated carbocycles. The number of carbonyl (C=O) groups is 3. The quantitative estimate of drug-likeness (QED) is 0.751. The van der Waals surface area contributed by atoms with Crippen molar-refractivity contribution in [1.82, 2.24) is 15.5 Å². The molecule has 5 rings (SSSR count). The van der Waals surface area contributed by atoms with Crippen LogP contribution in [0.4, 0.5) is 8.78 Å². The first-order chi connectivity index (χ1) is 13.5. The van der Waals surface area contributed by atoms with Crippen molar-refractivity contribution in [2.24, 2.45) is 11.8 Å². The van der Waals surface area contributed by atoms with Crippen LogP contribution in [0.1, 0.15) is 53.1 Å². The number of halogens is 2. The molecule has 1 aliphatic carbocycles. The van der Waals surface area contributed by atoms with Crippen molar-refractivity contribution in [1.29, 1.82) is 0 Å². The molecule has 4 aliphatic rings. The largest absolute Gasteiger partial charge is 0.322 e. The Balaban J connectivity index is 1.56. The number of hydrogen-bond acceptors (Lipinski definition) is 4. The highest BCUT2D eigenvalue weighted by Gasteiger charge is 2.47. The molecule has 1 aromatic carbocycles. The van der Waals surface area contributed by atoms with Crippen LogP contribution in [0.3, 0.4) is 0 Å². The van der Waals surface area contributed by atoms with Gasteiger partial charge in [0.25, 0.3) is 5.91 Å². The Kier molecular flexibility index (Phi) is 4.01. The third-order valence-electron chi connectivity index (χ3n) is 6.84. The molecule has 6 nitrogen and oxygen atoms in total. The average molecular weight is 389 g/mol. The number of benzene rings is 1. The molecule has 3 amide bonds. The lowest BCUT2D eigenvalue weighted by Crippen LogP contribution is -2.52. The predicted octanol–water partition coefficient (Wildman–Crippen LogP) is 1.44. The van der Waals surface area contributed by atoms with Gasteiger partial charge in [0, 0.05) is 19.0 Å². The normalized spacial score (nSPS) is 31.9. The zero-order valence-corrected chi connectivity index (χ0v) is 15.3. The Morgan fingerprint density at radius 1 is 1.00 bits per heavy atom. The van der Waals surface area contributed by atoms with Crippen molar-refractivity contribution in [3.8, 4) is 0 Å². The highest BCUT2D eigenvalue weighted by molar-refractivity contribution is 6.05. The van der Waals surface area contributed by atoms with Crippen LogP contribution in [-0.4, -0.2) is 41.8 Å². The number of imide groups is 1. The summed E-state index contributed by atoms with van der Waals surface area (Å²) in [7, 11) is 0. The number of nitrogens with one attached hydrogen (secondary N) is 2. The Hall–Kier alpha value is -2.35. The molecule has 0 spiro atoms. The van der Waals surface area contributed by atoms with Gasteiger partial charge in [0.1, 0.15) is 17.7 Å². The van der Waals surface area contributed by atoms with Gasteiger partial charge in [-0.25, -0.2) is 8.78 Å². The zero-order valence-electron chi connectivity index (χ0n) is 15.3. The van der Waals surface area contributed by atoms with E-state index in [1.54, 1.807) is 0 Å². The summed E-state index contributed by atoms with van der Waals surface area (Å²) in [6, 6.07) is -0.0146. The summed E-state index contributed by atoms with van der Waals surface area (Å²) in [5, 5.41) is 5.60. The third-order valence-corrected chi connectivity index (χ3v) is 6.84. The molecule has 3 unspecified atom stereocenters. The molecule has 28 heavy (non-hydrogen) atoms. The van der Waals surface area contributed by atoms with E-state index < -0.39 is 29.5 Å². The van der Waals surface area contributed by atoms with E-state index in [2.05, 4.69) is 10.6 Å². The molecular weight excluding hydrogens is 368 g/mol. The van der Waals surface area contributed by atoms with Crippen LogP contribution in [0.25, 0.3) is 0 Å². The van der Waals surface area contributed by atoms with Gasteiger partial charge >= 0.3 is 0 Å². The minimum absolute atomic E-state index is 0.00776. The van der Waals surface area contributed by atoms with Gasteiger partial charge < -0.3 is 10.2 Å². The second kappa shape index (κ2) is 6.34. The topological polar surface area (TPSA) is 78.5 Å². The summed E-state index contributed by atoms with van der Waals surface area (Å²) in [5.74, 6) is -2.51. The second-order valence-electron chi connectivity index (χ2n) is 8.29. The van der Waals surface area contributed by atoms with Crippen molar-refractivity contribution < 1.29 is 23.2 Å². The van der Waals surface area contributed by atoms with E-state index in [0.717, 1.165) is 32.0 Å². The lowest BCUT2D eigenvalue weighted by molar-refractivity contribution is -0.136. The van der Waals surface area contributed by atoms with Gasteiger partial charge in [-0.3, -0.25) is 19.7 Å². The fourth-order valence-corrected chi connectivity index (χ4v) is 5.61. The van der Waals surface area contributed by atoms with Crippen LogP contribution >= 0.6 is 0 Å². The zero-order chi connectivity index (χ0) is 19.6. The first-order valence-electron chi connectivity index (χ1n) is 9.82. The summed E-state index contributed by atoms with van der Waals surface area (Å²) >= 11 is 0. The summed E-state index contributed by atoms with van der Waals surface area (Å²) in [4.78, 5) is 37.9. The van der Waals surface area contributed by atoms with E-state index in [1.807, 2.05) is 0 Å². The van der Waals surface area contributed by atoms with E-state index >= 15 is 0 Å². The minimum Gasteiger partial charge on any atom is -0.322 e. The number of piperidine rings is 2. The number of rotatable bonds is 2. The molecule has 1 aromatic rings. The Morgan fingerprint density at radius 2 is 1.71 bits per heavy atom. The van der Waals surface area contributed by atoms with Crippen LogP contribution in [0, 0.1) is 23.5 Å². The number of amides is 3. The van der Waals surface area contributed by atoms with E-state index in [4.69, 9.17) is 0 Å². The van der Waals surface area contributed by atoms with E-state index in [1.165, 1.54) is 4.90 Å². The smallest absolute Gasteiger partial charge is 0.258 e. The molecule has 2 saturated heterocycles. The van der Waals surface area contributed by atoms with Crippen molar-refractivity contribution in [2.75, 3.05) is 13.1 Å². The molecule has 3 heterocycles. The highest BCUT2D eigenvalue weighted by atomic mass is 19.1. The Labute approximate surface area is 160 Å². The minimum atomic E-state index is -0.877. The Bertz CT molecular complexity index is 887. The van der Waals surface area contributed by atoms with E-state index in [0.29, 0.717) is 11.1 Å². The fraction of sp³-hybridized carbons (Fsp3) is 0.550. The Morgan fingerprint density at radius 3 is 2.39 bits per heavy atom. The lowest BCUT2D eigenvalue weighted by atomic mass is 9.78. The van der Waals surface area contributed by atoms with Crippen molar-refractivity contribution in [2.45, 2.75) is 44.2 Å². The second-order valence-corrected chi connectivity index (χ2v) is 8.29. The molecule has 3 atom stereocenters. The molecule has 3 aliphatic heterocycles. The molecule has 2 bridgehead atoms. The van der Waals surface area contributed by atoms with Gasteiger partial charge in [-0.2, -0.15) is 0 Å². The number of carbonyl (C=O) groups excluding carboxylic acids is 3. The van der Waals surface area contributed by atoms with Gasteiger partial charge in [-0.05, 0) is 61.2 Å². The number of hydrogen-bond donors (Lipinski definition) is 2. The SMILES string of the molecule is O=C1CCC(N2Cc3c(c(F)cc(F)c3C3C4CCC3CNC4)C2=O)C(=O)N1. The molecule has 0 radical (unpaired) electrons. The van der Waals surface area contributed by atoms with Crippen molar-refractivity contribution >= 4 is 17.7 Å². The van der Waals surface area contributed by atoms with Gasteiger partial charge in [0.15, 0.2) is 0 Å². The highest BCUT2D eigenvalue weighted by Crippen LogP contribution is 2.49. The fourth-order valence-electron chi connectivity index (χ4n) is 5.61. The first kappa shape index (κ1) is 17.7. The summed E-state index contributed by atoms with van der Waals surface area (Å²) in [6.45, 7) is 1.59. The maximum absolute atomic E-state index is 15.0.